The Hall–Kier alpha value is -3.86. The van der Waals surface area contributed by atoms with Gasteiger partial charge in [-0.1, -0.05) is 37.3 Å². The Morgan fingerprint density at radius 2 is 1.77 bits per heavy atom. The van der Waals surface area contributed by atoms with Gasteiger partial charge in [-0.25, -0.2) is 0 Å². The van der Waals surface area contributed by atoms with Crippen molar-refractivity contribution in [2.45, 2.75) is 39.1 Å². The number of carbonyl (C=O) groups is 3. The van der Waals surface area contributed by atoms with Gasteiger partial charge in [0, 0.05) is 24.6 Å². The number of amides is 3. The van der Waals surface area contributed by atoms with Crippen molar-refractivity contribution < 1.29 is 24.2 Å². The second-order valence-electron chi connectivity index (χ2n) is 7.75. The number of aromatic hydroxyl groups is 1. The number of imide groups is 1. The van der Waals surface area contributed by atoms with E-state index in [2.05, 4.69) is 15.6 Å². The van der Waals surface area contributed by atoms with Crippen LogP contribution in [0.25, 0.3) is 10.9 Å². The fraction of sp³-hybridized carbons (Fsp3) is 0.280. The van der Waals surface area contributed by atoms with Gasteiger partial charge in [0.2, 0.25) is 5.91 Å². The highest BCUT2D eigenvalue weighted by molar-refractivity contribution is 6.07. The van der Waals surface area contributed by atoms with Crippen LogP contribution in [0.5, 0.6) is 5.75 Å². The lowest BCUT2D eigenvalue weighted by Crippen LogP contribution is -2.50. The van der Waals surface area contributed by atoms with Gasteiger partial charge in [0.15, 0.2) is 0 Å². The van der Waals surface area contributed by atoms with E-state index >= 15 is 0 Å². The first-order chi connectivity index (χ1) is 16.7. The lowest BCUT2D eigenvalue weighted by atomic mass is 10.1. The Morgan fingerprint density at radius 1 is 1.09 bits per heavy atom. The molecule has 3 rings (SSSR count). The number of nitrogens with one attached hydrogen (secondary N) is 2. The SMILES string of the molecule is CC(=O)NC(COCc1ccccc1)C(=O)NC(=O)c1cnc2cc(O)ccc2c1.CCC(N)N. The Labute approximate surface area is 203 Å². The first-order valence-corrected chi connectivity index (χ1v) is 11.0. The topological polar surface area (TPSA) is 170 Å². The van der Waals surface area contributed by atoms with Crippen LogP contribution in [-0.2, 0) is 20.9 Å². The molecule has 3 amide bonds. The second kappa shape index (κ2) is 13.8. The Kier molecular flexibility index (Phi) is 10.8. The number of pyridine rings is 1. The highest BCUT2D eigenvalue weighted by atomic mass is 16.5. The Morgan fingerprint density at radius 3 is 2.40 bits per heavy atom. The molecule has 0 aliphatic rings. The summed E-state index contributed by atoms with van der Waals surface area (Å²) in [4.78, 5) is 40.6. The molecule has 0 saturated carbocycles. The summed E-state index contributed by atoms with van der Waals surface area (Å²) in [5.74, 6) is -1.69. The van der Waals surface area contributed by atoms with Gasteiger partial charge < -0.3 is 26.6 Å². The molecule has 0 fully saturated rings. The summed E-state index contributed by atoms with van der Waals surface area (Å²) in [6, 6.07) is 14.5. The monoisotopic (exact) mass is 481 g/mol. The highest BCUT2D eigenvalue weighted by Gasteiger charge is 2.22. The van der Waals surface area contributed by atoms with Gasteiger partial charge in [0.1, 0.15) is 11.8 Å². The molecule has 2 aromatic carbocycles. The number of hydrogen-bond acceptors (Lipinski definition) is 8. The highest BCUT2D eigenvalue weighted by Crippen LogP contribution is 2.18. The fourth-order valence-corrected chi connectivity index (χ4v) is 2.80. The molecular weight excluding hydrogens is 450 g/mol. The van der Waals surface area contributed by atoms with Gasteiger partial charge in [-0.05, 0) is 30.2 Å². The number of phenolic OH excluding ortho intramolecular Hbond substituents is 1. The number of nitrogens with zero attached hydrogens (tertiary/aromatic N) is 1. The second-order valence-corrected chi connectivity index (χ2v) is 7.75. The molecule has 1 atom stereocenters. The van der Waals surface area contributed by atoms with Crippen LogP contribution in [0.3, 0.4) is 0 Å². The number of phenols is 1. The maximum Gasteiger partial charge on any atom is 0.259 e. The van der Waals surface area contributed by atoms with Gasteiger partial charge in [0.05, 0.1) is 30.5 Å². The van der Waals surface area contributed by atoms with E-state index in [-0.39, 0.29) is 30.7 Å². The van der Waals surface area contributed by atoms with Crippen LogP contribution < -0.4 is 22.1 Å². The first kappa shape index (κ1) is 27.4. The van der Waals surface area contributed by atoms with Gasteiger partial charge in [0.25, 0.3) is 11.8 Å². The zero-order valence-electron chi connectivity index (χ0n) is 19.7. The minimum absolute atomic E-state index is 0.0658. The maximum atomic E-state index is 12.5. The maximum absolute atomic E-state index is 12.5. The van der Waals surface area contributed by atoms with E-state index in [9.17, 15) is 19.5 Å². The van der Waals surface area contributed by atoms with Crippen LogP contribution in [0.1, 0.15) is 36.2 Å². The molecule has 10 heteroatoms. The molecule has 1 aromatic heterocycles. The third-order valence-corrected chi connectivity index (χ3v) is 4.73. The summed E-state index contributed by atoms with van der Waals surface area (Å²) in [7, 11) is 0. The van der Waals surface area contributed by atoms with Crippen molar-refractivity contribution in [1.29, 1.82) is 0 Å². The van der Waals surface area contributed by atoms with Crippen LogP contribution in [-0.4, -0.2) is 46.6 Å². The average molecular weight is 482 g/mol. The van der Waals surface area contributed by atoms with Crippen molar-refractivity contribution >= 4 is 28.6 Å². The first-order valence-electron chi connectivity index (χ1n) is 11.0. The van der Waals surface area contributed by atoms with E-state index in [1.165, 1.54) is 25.3 Å². The van der Waals surface area contributed by atoms with Gasteiger partial charge in [-0.15, -0.1) is 0 Å². The Balaban J connectivity index is 0.000000784. The van der Waals surface area contributed by atoms with Crippen molar-refractivity contribution in [2.24, 2.45) is 11.5 Å². The minimum atomic E-state index is -1.03. The molecule has 0 saturated heterocycles. The standard InChI is InChI=1S/C22H21N3O5.C3H10N2/c1-14(26)24-20(13-30-12-15-5-3-2-4-6-15)22(29)25-21(28)17-9-16-7-8-18(27)10-19(16)23-11-17;1-2-3(4)5/h2-11,20,27H,12-13H2,1H3,(H,24,26)(H,25,28,29);3H,2,4-5H2,1H3. The van der Waals surface area contributed by atoms with Crippen LogP contribution in [0.4, 0.5) is 0 Å². The molecular formula is C25H31N5O5. The Bertz CT molecular complexity index is 1140. The lowest BCUT2D eigenvalue weighted by molar-refractivity contribution is -0.129. The fourth-order valence-electron chi connectivity index (χ4n) is 2.80. The average Bonchev–Trinajstić information content (AvgIpc) is 2.83. The molecule has 0 spiro atoms. The molecule has 3 aromatic rings. The molecule has 1 unspecified atom stereocenters. The van der Waals surface area contributed by atoms with Crippen molar-refractivity contribution in [2.75, 3.05) is 6.61 Å². The van der Waals surface area contributed by atoms with E-state index in [1.807, 2.05) is 37.3 Å². The summed E-state index contributed by atoms with van der Waals surface area (Å²) in [5.41, 5.74) is 11.8. The number of benzene rings is 2. The molecule has 186 valence electrons. The molecule has 10 nitrogen and oxygen atoms in total. The number of aromatic nitrogens is 1. The summed E-state index contributed by atoms with van der Waals surface area (Å²) >= 11 is 0. The van der Waals surface area contributed by atoms with Crippen molar-refractivity contribution in [1.82, 2.24) is 15.6 Å². The zero-order valence-corrected chi connectivity index (χ0v) is 19.7. The van der Waals surface area contributed by atoms with E-state index < -0.39 is 23.8 Å². The summed E-state index contributed by atoms with van der Waals surface area (Å²) in [6.45, 7) is 3.40. The number of ether oxygens (including phenoxy) is 1. The predicted octanol–water partition coefficient (Wildman–Crippen LogP) is 1.56. The van der Waals surface area contributed by atoms with E-state index in [0.29, 0.717) is 10.9 Å². The van der Waals surface area contributed by atoms with E-state index in [4.69, 9.17) is 16.2 Å². The van der Waals surface area contributed by atoms with E-state index in [0.717, 1.165) is 12.0 Å². The normalized spacial score (nSPS) is 11.3. The van der Waals surface area contributed by atoms with Gasteiger partial charge in [-0.2, -0.15) is 0 Å². The number of fused-ring (bicyclic) bond motifs is 1. The lowest BCUT2D eigenvalue weighted by Gasteiger charge is -2.17. The predicted molar refractivity (Wildman–Crippen MR) is 132 cm³/mol. The zero-order chi connectivity index (χ0) is 25.8. The summed E-state index contributed by atoms with van der Waals surface area (Å²) in [5, 5.41) is 14.9. The number of rotatable bonds is 8. The summed E-state index contributed by atoms with van der Waals surface area (Å²) < 4.78 is 5.54. The van der Waals surface area contributed by atoms with Gasteiger partial charge >= 0.3 is 0 Å². The number of carbonyl (C=O) groups excluding carboxylic acids is 3. The third kappa shape index (κ3) is 9.49. The van der Waals surface area contributed by atoms with Crippen LogP contribution in [0.2, 0.25) is 0 Å². The van der Waals surface area contributed by atoms with Crippen molar-refractivity contribution in [3.8, 4) is 5.75 Å². The van der Waals surface area contributed by atoms with Crippen LogP contribution in [0.15, 0.2) is 60.8 Å². The molecule has 0 aliphatic heterocycles. The van der Waals surface area contributed by atoms with Crippen LogP contribution >= 0.6 is 0 Å². The molecule has 7 N–H and O–H groups in total. The molecule has 0 radical (unpaired) electrons. The van der Waals surface area contributed by atoms with Crippen molar-refractivity contribution in [3.63, 3.8) is 0 Å². The van der Waals surface area contributed by atoms with Crippen LogP contribution in [0, 0.1) is 0 Å². The molecule has 0 aliphatic carbocycles. The van der Waals surface area contributed by atoms with E-state index in [1.54, 1.807) is 12.1 Å². The molecule has 1 heterocycles. The molecule has 0 bridgehead atoms. The minimum Gasteiger partial charge on any atom is -0.508 e. The summed E-state index contributed by atoms with van der Waals surface area (Å²) in [6.07, 6.45) is 2.05. The molecule has 35 heavy (non-hydrogen) atoms. The smallest absolute Gasteiger partial charge is 0.259 e. The third-order valence-electron chi connectivity index (χ3n) is 4.73. The van der Waals surface area contributed by atoms with Crippen molar-refractivity contribution in [3.05, 3.63) is 71.9 Å². The largest absolute Gasteiger partial charge is 0.508 e. The number of nitrogens with two attached hydrogens (primary N) is 2. The number of hydrogen-bond donors (Lipinski definition) is 5. The van der Waals surface area contributed by atoms with Gasteiger partial charge in [-0.3, -0.25) is 24.7 Å². The quantitative estimate of drug-likeness (QED) is 0.302.